The molecule has 1 aliphatic rings. The molecule has 3 aromatic carbocycles. The zero-order chi connectivity index (χ0) is 20.9. The van der Waals surface area contributed by atoms with Crippen LogP contribution in [0, 0.1) is 5.82 Å². The van der Waals surface area contributed by atoms with E-state index in [1.807, 2.05) is 24.3 Å². The van der Waals surface area contributed by atoms with Crippen LogP contribution in [0.3, 0.4) is 0 Å². The molecule has 0 spiro atoms. The summed E-state index contributed by atoms with van der Waals surface area (Å²) in [5.41, 5.74) is 4.04. The molecule has 0 radical (unpaired) electrons. The van der Waals surface area contributed by atoms with Crippen molar-refractivity contribution in [2.75, 3.05) is 20.2 Å². The number of benzene rings is 3. The minimum atomic E-state index is -0.416. The third-order valence-electron chi connectivity index (χ3n) is 4.96. The number of amidine groups is 1. The predicted octanol–water partition coefficient (Wildman–Crippen LogP) is 6.19. The highest BCUT2D eigenvalue weighted by molar-refractivity contribution is 7.98. The Morgan fingerprint density at radius 2 is 1.90 bits per heavy atom. The number of nitrogens with one attached hydrogen (secondary N) is 1. The van der Waals surface area contributed by atoms with Crippen LogP contribution in [0.2, 0.25) is 5.02 Å². The number of thioether (sulfide) groups is 1. The van der Waals surface area contributed by atoms with Crippen molar-refractivity contribution < 1.29 is 9.13 Å². The van der Waals surface area contributed by atoms with Gasteiger partial charge in [-0.3, -0.25) is 4.99 Å². The van der Waals surface area contributed by atoms with Crippen molar-refractivity contribution >= 4 is 29.2 Å². The van der Waals surface area contributed by atoms with E-state index in [1.54, 1.807) is 31.0 Å². The highest BCUT2D eigenvalue weighted by atomic mass is 35.5. The van der Waals surface area contributed by atoms with Crippen LogP contribution in [-0.4, -0.2) is 26.0 Å². The molecule has 0 amide bonds. The van der Waals surface area contributed by atoms with Crippen LogP contribution in [0.4, 0.5) is 4.39 Å². The molecule has 3 nitrogen and oxygen atoms in total. The first-order valence-corrected chi connectivity index (χ1v) is 11.1. The van der Waals surface area contributed by atoms with Crippen LogP contribution in [0.25, 0.3) is 11.1 Å². The molecule has 0 aliphatic carbocycles. The second-order valence-electron chi connectivity index (χ2n) is 6.95. The molecule has 0 bridgehead atoms. The zero-order valence-corrected chi connectivity index (χ0v) is 18.2. The van der Waals surface area contributed by atoms with Gasteiger partial charge < -0.3 is 10.1 Å². The first-order chi connectivity index (χ1) is 14.7. The number of rotatable bonds is 6. The average Bonchev–Trinajstić information content (AvgIpc) is 2.80. The number of aliphatic imine (C=N–C) groups is 1. The number of methoxy groups -OCH3 is 1. The van der Waals surface area contributed by atoms with Gasteiger partial charge in [-0.1, -0.05) is 41.9 Å². The van der Waals surface area contributed by atoms with Crippen molar-refractivity contribution in [2.24, 2.45) is 4.99 Å². The van der Waals surface area contributed by atoms with Gasteiger partial charge in [-0.15, -0.1) is 11.8 Å². The molecular weight excluding hydrogens is 419 g/mol. The smallest absolute Gasteiger partial charge is 0.141 e. The van der Waals surface area contributed by atoms with E-state index in [9.17, 15) is 4.39 Å². The zero-order valence-electron chi connectivity index (χ0n) is 16.6. The molecule has 30 heavy (non-hydrogen) atoms. The monoisotopic (exact) mass is 440 g/mol. The van der Waals surface area contributed by atoms with Crippen LogP contribution in [0.15, 0.2) is 70.6 Å². The van der Waals surface area contributed by atoms with E-state index in [-0.39, 0.29) is 5.02 Å². The molecule has 0 atom stereocenters. The Hall–Kier alpha value is -2.50. The van der Waals surface area contributed by atoms with Gasteiger partial charge in [0.15, 0.2) is 0 Å². The quantitative estimate of drug-likeness (QED) is 0.464. The van der Waals surface area contributed by atoms with Crippen molar-refractivity contribution in [3.63, 3.8) is 0 Å². The maximum absolute atomic E-state index is 13.5. The normalized spacial score (nSPS) is 13.5. The van der Waals surface area contributed by atoms with Crippen molar-refractivity contribution in [2.45, 2.75) is 17.1 Å². The Balaban J connectivity index is 1.60. The van der Waals surface area contributed by atoms with Crippen LogP contribution in [-0.2, 0) is 5.75 Å². The first-order valence-electron chi connectivity index (χ1n) is 9.78. The summed E-state index contributed by atoms with van der Waals surface area (Å²) in [6.07, 6.45) is 1.07. The van der Waals surface area contributed by atoms with Gasteiger partial charge in [0.25, 0.3) is 0 Å². The second kappa shape index (κ2) is 9.54. The molecular formula is C24H22ClFN2OS. The first kappa shape index (κ1) is 20.8. The van der Waals surface area contributed by atoms with Crippen LogP contribution in [0.5, 0.6) is 5.75 Å². The summed E-state index contributed by atoms with van der Waals surface area (Å²) in [5.74, 6) is 2.10. The molecule has 4 rings (SSSR count). The van der Waals surface area contributed by atoms with Crippen LogP contribution >= 0.6 is 23.4 Å². The molecule has 154 valence electrons. The van der Waals surface area contributed by atoms with E-state index in [0.29, 0.717) is 0 Å². The fraction of sp³-hybridized carbons (Fsp3) is 0.208. The van der Waals surface area contributed by atoms with Gasteiger partial charge in [-0.25, -0.2) is 4.39 Å². The molecule has 1 heterocycles. The summed E-state index contributed by atoms with van der Waals surface area (Å²) in [6.45, 7) is 1.81. The highest BCUT2D eigenvalue weighted by Crippen LogP contribution is 2.34. The fourth-order valence-electron chi connectivity index (χ4n) is 3.40. The van der Waals surface area contributed by atoms with Gasteiger partial charge in [0.05, 0.1) is 12.1 Å². The van der Waals surface area contributed by atoms with Gasteiger partial charge in [-0.2, -0.15) is 0 Å². The van der Waals surface area contributed by atoms with E-state index >= 15 is 0 Å². The second-order valence-corrected chi connectivity index (χ2v) is 8.38. The minimum Gasteiger partial charge on any atom is -0.496 e. The van der Waals surface area contributed by atoms with E-state index in [4.69, 9.17) is 16.3 Å². The Kier molecular flexibility index (Phi) is 6.60. The number of nitrogens with zero attached hydrogens (tertiary/aromatic N) is 1. The number of ether oxygens (including phenoxy) is 1. The molecule has 0 saturated heterocycles. The molecule has 1 N–H and O–H groups in total. The van der Waals surface area contributed by atoms with Gasteiger partial charge >= 0.3 is 0 Å². The van der Waals surface area contributed by atoms with Crippen LogP contribution < -0.4 is 10.1 Å². The third kappa shape index (κ3) is 4.63. The Bertz CT molecular complexity index is 1090. The summed E-state index contributed by atoms with van der Waals surface area (Å²) >= 11 is 7.72. The fourth-order valence-corrected chi connectivity index (χ4v) is 4.62. The van der Waals surface area contributed by atoms with Crippen molar-refractivity contribution in [1.82, 2.24) is 5.32 Å². The molecule has 0 fully saturated rings. The Labute approximate surface area is 185 Å². The van der Waals surface area contributed by atoms with Gasteiger partial charge in [0.1, 0.15) is 17.4 Å². The van der Waals surface area contributed by atoms with Crippen molar-refractivity contribution in [1.29, 1.82) is 0 Å². The minimum absolute atomic E-state index is 0.119. The summed E-state index contributed by atoms with van der Waals surface area (Å²) in [4.78, 5) is 5.81. The molecule has 0 unspecified atom stereocenters. The van der Waals surface area contributed by atoms with E-state index < -0.39 is 5.82 Å². The lowest BCUT2D eigenvalue weighted by Crippen LogP contribution is -2.30. The largest absolute Gasteiger partial charge is 0.496 e. The summed E-state index contributed by atoms with van der Waals surface area (Å²) < 4.78 is 19.1. The van der Waals surface area contributed by atoms with Crippen molar-refractivity contribution in [3.8, 4) is 16.9 Å². The maximum atomic E-state index is 13.5. The number of hydrogen-bond acceptors (Lipinski definition) is 4. The molecule has 3 aromatic rings. The van der Waals surface area contributed by atoms with E-state index in [2.05, 4.69) is 28.5 Å². The van der Waals surface area contributed by atoms with E-state index in [0.717, 1.165) is 59.1 Å². The van der Waals surface area contributed by atoms with Gasteiger partial charge in [-0.05, 0) is 47.9 Å². The lowest BCUT2D eigenvalue weighted by molar-refractivity contribution is 0.411. The van der Waals surface area contributed by atoms with Crippen molar-refractivity contribution in [3.05, 3.63) is 82.6 Å². The topological polar surface area (TPSA) is 33.6 Å². The average molecular weight is 441 g/mol. The maximum Gasteiger partial charge on any atom is 0.141 e. The third-order valence-corrected chi connectivity index (χ3v) is 6.37. The number of hydrogen-bond donors (Lipinski definition) is 1. The lowest BCUT2D eigenvalue weighted by Gasteiger charge is -2.17. The SMILES string of the molecule is COc1ccc(-c2ccc(F)c(Cl)c2)cc1CSc1ccccc1C1=NCCCN1. The van der Waals surface area contributed by atoms with Gasteiger partial charge in [0.2, 0.25) is 0 Å². The summed E-state index contributed by atoms with van der Waals surface area (Å²) in [6, 6.07) is 19.1. The summed E-state index contributed by atoms with van der Waals surface area (Å²) in [5, 5.41) is 3.53. The van der Waals surface area contributed by atoms with Crippen LogP contribution in [0.1, 0.15) is 17.5 Å². The van der Waals surface area contributed by atoms with Gasteiger partial charge in [0, 0.05) is 34.9 Å². The molecule has 6 heteroatoms. The summed E-state index contributed by atoms with van der Waals surface area (Å²) in [7, 11) is 1.67. The lowest BCUT2D eigenvalue weighted by atomic mass is 10.0. The highest BCUT2D eigenvalue weighted by Gasteiger charge is 2.14. The Morgan fingerprint density at radius 1 is 1.10 bits per heavy atom. The Morgan fingerprint density at radius 3 is 2.67 bits per heavy atom. The molecule has 0 saturated carbocycles. The van der Waals surface area contributed by atoms with E-state index in [1.165, 1.54) is 11.0 Å². The molecule has 1 aliphatic heterocycles. The standard InChI is InChI=1S/C24H22ClFN2OS/c1-29-22-10-8-16(17-7-9-21(26)20(25)14-17)13-18(22)15-30-23-6-3-2-5-19(23)24-27-11-4-12-28-24/h2-3,5-10,13-14H,4,11-12,15H2,1H3,(H,27,28). The predicted molar refractivity (Wildman–Crippen MR) is 123 cm³/mol. The molecule has 0 aromatic heterocycles. The number of halogens is 2.